The van der Waals surface area contributed by atoms with E-state index in [1.54, 1.807) is 12.4 Å². The minimum Gasteiger partial charge on any atom is -0.550 e. The largest absolute Gasteiger partial charge is 0.550 e. The van der Waals surface area contributed by atoms with Crippen molar-refractivity contribution in [2.45, 2.75) is 57.8 Å². The van der Waals surface area contributed by atoms with Crippen LogP contribution in [0, 0.1) is 11.8 Å². The van der Waals surface area contributed by atoms with Crippen molar-refractivity contribution in [3.8, 4) is 11.8 Å². The van der Waals surface area contributed by atoms with E-state index in [-0.39, 0.29) is 23.1 Å². The Kier molecular flexibility index (Phi) is 4.58. The van der Waals surface area contributed by atoms with Crippen LogP contribution in [-0.2, 0) is 22.0 Å². The first-order valence-electron chi connectivity index (χ1n) is 8.85. The van der Waals surface area contributed by atoms with Gasteiger partial charge in [0.05, 0.1) is 5.56 Å². The lowest BCUT2D eigenvalue weighted by atomic mass is 9.63. The Morgan fingerprint density at radius 3 is 2.19 bits per heavy atom. The molecular formula is C22H23N2O2-. The fraction of sp³-hybridized carbons (Fsp3) is 0.409. The highest BCUT2D eigenvalue weighted by Crippen LogP contribution is 2.45. The second kappa shape index (κ2) is 6.57. The van der Waals surface area contributed by atoms with E-state index < -0.39 is 5.97 Å². The molecule has 1 aromatic carbocycles. The van der Waals surface area contributed by atoms with Crippen molar-refractivity contribution < 1.29 is 9.90 Å². The molecule has 26 heavy (non-hydrogen) atoms. The van der Waals surface area contributed by atoms with E-state index in [4.69, 9.17) is 0 Å². The first kappa shape index (κ1) is 18.1. The molecule has 0 radical (unpaired) electrons. The topological polar surface area (TPSA) is 65.9 Å². The first-order valence-corrected chi connectivity index (χ1v) is 8.85. The number of benzene rings is 1. The molecule has 0 spiro atoms. The number of aliphatic carboxylic acids is 1. The zero-order valence-corrected chi connectivity index (χ0v) is 15.7. The molecule has 0 fully saturated rings. The monoisotopic (exact) mass is 347 g/mol. The van der Waals surface area contributed by atoms with Gasteiger partial charge in [0.1, 0.15) is 5.82 Å². The van der Waals surface area contributed by atoms with Gasteiger partial charge in [0.2, 0.25) is 0 Å². The number of carboxylic acid groups (broad SMARTS) is 1. The third-order valence-corrected chi connectivity index (χ3v) is 5.21. The number of nitrogens with zero attached hydrogens (tertiary/aromatic N) is 2. The van der Waals surface area contributed by atoms with Crippen LogP contribution >= 0.6 is 0 Å². The van der Waals surface area contributed by atoms with Gasteiger partial charge in [-0.05, 0) is 46.9 Å². The predicted molar refractivity (Wildman–Crippen MR) is 98.5 cm³/mol. The van der Waals surface area contributed by atoms with E-state index in [2.05, 4.69) is 67.7 Å². The summed E-state index contributed by atoms with van der Waals surface area (Å²) >= 11 is 0. The summed E-state index contributed by atoms with van der Waals surface area (Å²) in [4.78, 5) is 18.6. The van der Waals surface area contributed by atoms with E-state index >= 15 is 0 Å². The van der Waals surface area contributed by atoms with Crippen molar-refractivity contribution in [2.75, 3.05) is 0 Å². The molecule has 1 aliphatic carbocycles. The number of carbonyl (C=O) groups is 1. The van der Waals surface area contributed by atoms with E-state index in [1.807, 2.05) is 0 Å². The molecule has 4 heteroatoms. The van der Waals surface area contributed by atoms with Gasteiger partial charge in [0.25, 0.3) is 0 Å². The van der Waals surface area contributed by atoms with Crippen LogP contribution in [0.4, 0.5) is 0 Å². The molecule has 0 aliphatic heterocycles. The summed E-state index contributed by atoms with van der Waals surface area (Å²) in [5.74, 6) is 5.27. The van der Waals surface area contributed by atoms with Gasteiger partial charge >= 0.3 is 0 Å². The number of hydrogen-bond donors (Lipinski definition) is 0. The van der Waals surface area contributed by atoms with Crippen LogP contribution in [0.25, 0.3) is 0 Å². The minimum atomic E-state index is -1.19. The van der Waals surface area contributed by atoms with Crippen molar-refractivity contribution in [1.82, 2.24) is 9.97 Å². The summed E-state index contributed by atoms with van der Waals surface area (Å²) in [6.45, 7) is 9.19. The standard InChI is InChI=1S/C22H24N2O2/c1-21(2)9-10-22(3,4)18-11-15(7-8-17(18)21)5-6-16-13-23-19(24-14-16)12-20(25)26/h7-8,11,13-14H,9-10,12H2,1-4H3,(H,25,26)/p-1. The number of carbonyl (C=O) groups excluding carboxylic acids is 1. The molecule has 0 N–H and O–H groups in total. The predicted octanol–water partition coefficient (Wildman–Crippen LogP) is 2.52. The average Bonchev–Trinajstić information content (AvgIpc) is 2.58. The fourth-order valence-electron chi connectivity index (χ4n) is 3.45. The highest BCUT2D eigenvalue weighted by atomic mass is 16.4. The van der Waals surface area contributed by atoms with Gasteiger partial charge < -0.3 is 9.90 Å². The second-order valence-corrected chi connectivity index (χ2v) is 8.21. The second-order valence-electron chi connectivity index (χ2n) is 8.21. The summed E-state index contributed by atoms with van der Waals surface area (Å²) in [5.41, 5.74) is 4.76. The molecule has 2 aromatic rings. The third kappa shape index (κ3) is 3.77. The Labute approximate surface area is 154 Å². The van der Waals surface area contributed by atoms with Crippen LogP contribution < -0.4 is 5.11 Å². The number of carboxylic acids is 1. The summed E-state index contributed by atoms with van der Waals surface area (Å²) < 4.78 is 0. The Bertz CT molecular complexity index is 900. The van der Waals surface area contributed by atoms with Crippen LogP contribution in [0.3, 0.4) is 0 Å². The van der Waals surface area contributed by atoms with E-state index in [0.717, 1.165) is 12.0 Å². The zero-order chi connectivity index (χ0) is 18.9. The average molecular weight is 347 g/mol. The molecule has 134 valence electrons. The van der Waals surface area contributed by atoms with Gasteiger partial charge in [-0.2, -0.15) is 0 Å². The Morgan fingerprint density at radius 1 is 1.00 bits per heavy atom. The van der Waals surface area contributed by atoms with Gasteiger partial charge in [0, 0.05) is 30.3 Å². The molecule has 4 nitrogen and oxygen atoms in total. The van der Waals surface area contributed by atoms with Crippen LogP contribution in [0.2, 0.25) is 0 Å². The van der Waals surface area contributed by atoms with Gasteiger partial charge in [-0.3, -0.25) is 0 Å². The molecule has 0 atom stereocenters. The van der Waals surface area contributed by atoms with E-state index in [9.17, 15) is 9.90 Å². The lowest BCUT2D eigenvalue weighted by Crippen LogP contribution is -2.33. The fourth-order valence-corrected chi connectivity index (χ4v) is 3.45. The summed E-state index contributed by atoms with van der Waals surface area (Å²) in [5, 5.41) is 10.6. The lowest BCUT2D eigenvalue weighted by molar-refractivity contribution is -0.304. The van der Waals surface area contributed by atoms with Gasteiger partial charge in [-0.25, -0.2) is 9.97 Å². The number of fused-ring (bicyclic) bond motifs is 1. The van der Waals surface area contributed by atoms with Gasteiger partial charge in [-0.1, -0.05) is 45.6 Å². The number of rotatable bonds is 2. The smallest absolute Gasteiger partial charge is 0.133 e. The molecule has 0 saturated carbocycles. The van der Waals surface area contributed by atoms with Gasteiger partial charge in [-0.15, -0.1) is 0 Å². The van der Waals surface area contributed by atoms with Crippen molar-refractivity contribution in [3.05, 3.63) is 58.7 Å². The highest BCUT2D eigenvalue weighted by molar-refractivity contribution is 5.66. The maximum Gasteiger partial charge on any atom is 0.133 e. The van der Waals surface area contributed by atoms with Gasteiger partial charge in [0.15, 0.2) is 0 Å². The lowest BCUT2D eigenvalue weighted by Gasteiger charge is -2.41. The first-order chi connectivity index (χ1) is 12.2. The van der Waals surface area contributed by atoms with Crippen molar-refractivity contribution >= 4 is 5.97 Å². The van der Waals surface area contributed by atoms with E-state index in [1.165, 1.54) is 17.5 Å². The Morgan fingerprint density at radius 2 is 1.58 bits per heavy atom. The van der Waals surface area contributed by atoms with Crippen molar-refractivity contribution in [3.63, 3.8) is 0 Å². The summed E-state index contributed by atoms with van der Waals surface area (Å²) in [7, 11) is 0. The molecule has 0 bridgehead atoms. The maximum atomic E-state index is 10.6. The zero-order valence-electron chi connectivity index (χ0n) is 15.7. The molecule has 1 heterocycles. The molecular weight excluding hydrogens is 324 g/mol. The van der Waals surface area contributed by atoms with Crippen LogP contribution in [-0.4, -0.2) is 15.9 Å². The molecule has 3 rings (SSSR count). The number of aromatic nitrogens is 2. The Hall–Kier alpha value is -2.67. The minimum absolute atomic E-state index is 0.151. The maximum absolute atomic E-state index is 10.6. The van der Waals surface area contributed by atoms with Crippen LogP contribution in [0.1, 0.15) is 68.6 Å². The van der Waals surface area contributed by atoms with Crippen LogP contribution in [0.15, 0.2) is 30.6 Å². The molecule has 0 amide bonds. The quantitative estimate of drug-likeness (QED) is 0.783. The molecule has 0 unspecified atom stereocenters. The normalized spacial score (nSPS) is 16.9. The SMILES string of the molecule is CC1(C)CCC(C)(C)c2cc(C#Cc3cnc(CC(=O)[O-])nc3)ccc21. The third-order valence-electron chi connectivity index (χ3n) is 5.21. The van der Waals surface area contributed by atoms with Crippen molar-refractivity contribution in [1.29, 1.82) is 0 Å². The summed E-state index contributed by atoms with van der Waals surface area (Å²) in [6, 6.07) is 6.48. The molecule has 1 aromatic heterocycles. The Balaban J connectivity index is 1.88. The van der Waals surface area contributed by atoms with E-state index in [0.29, 0.717) is 5.56 Å². The summed E-state index contributed by atoms with van der Waals surface area (Å²) in [6.07, 6.45) is 5.15. The molecule has 1 aliphatic rings. The van der Waals surface area contributed by atoms with Crippen molar-refractivity contribution in [2.24, 2.45) is 0 Å². The van der Waals surface area contributed by atoms with Crippen LogP contribution in [0.5, 0.6) is 0 Å². The molecule has 0 saturated heterocycles. The highest BCUT2D eigenvalue weighted by Gasteiger charge is 2.36. The number of hydrogen-bond acceptors (Lipinski definition) is 4.